The van der Waals surface area contributed by atoms with Crippen LogP contribution in [0.5, 0.6) is 0 Å². The van der Waals surface area contributed by atoms with E-state index in [1.54, 1.807) is 36.9 Å². The van der Waals surface area contributed by atoms with E-state index < -0.39 is 10.1 Å². The summed E-state index contributed by atoms with van der Waals surface area (Å²) >= 11 is 0. The van der Waals surface area contributed by atoms with Gasteiger partial charge in [-0.1, -0.05) is 56.0 Å². The van der Waals surface area contributed by atoms with Crippen molar-refractivity contribution in [3.05, 3.63) is 41.5 Å². The average Bonchev–Trinajstić information content (AvgIpc) is 3.31. The van der Waals surface area contributed by atoms with Crippen LogP contribution in [-0.4, -0.2) is 40.8 Å². The normalized spacial score (nSPS) is 34.7. The van der Waals surface area contributed by atoms with Gasteiger partial charge in [-0.2, -0.15) is 8.42 Å². The van der Waals surface area contributed by atoms with Gasteiger partial charge in [0, 0.05) is 6.61 Å². The number of fused-ring (bicyclic) bond motifs is 5. The maximum atomic E-state index is 12.6. The SMILES string of the molecule is COC(=O)[C@H]1CCC2C3CC=C4C[C@@H](OCCCCCCOS(=O)(=O)c5ccc(C)cc5)CC[C@]4(C)C3CC[C@@]21C. The first-order valence-corrected chi connectivity index (χ1v) is 17.3. The third kappa shape index (κ3) is 6.19. The van der Waals surface area contributed by atoms with Crippen molar-refractivity contribution >= 4 is 16.1 Å². The molecule has 0 bridgehead atoms. The molecule has 0 aromatic heterocycles. The van der Waals surface area contributed by atoms with Crippen molar-refractivity contribution in [3.8, 4) is 0 Å². The Balaban J connectivity index is 1.03. The number of allylic oxidation sites excluding steroid dienone is 1. The minimum Gasteiger partial charge on any atom is -0.469 e. The molecule has 6 nitrogen and oxygen atoms in total. The molecule has 0 spiro atoms. The van der Waals surface area contributed by atoms with Crippen LogP contribution in [0.4, 0.5) is 0 Å². The Morgan fingerprint density at radius 1 is 0.927 bits per heavy atom. The molecule has 0 N–H and O–H groups in total. The molecule has 0 saturated heterocycles. The van der Waals surface area contributed by atoms with Crippen molar-refractivity contribution in [1.82, 2.24) is 0 Å². The van der Waals surface area contributed by atoms with Crippen LogP contribution in [0.2, 0.25) is 0 Å². The van der Waals surface area contributed by atoms with Crippen molar-refractivity contribution in [2.45, 2.75) is 109 Å². The van der Waals surface area contributed by atoms with Crippen LogP contribution in [-0.2, 0) is 28.6 Å². The highest BCUT2D eigenvalue weighted by Crippen LogP contribution is 2.66. The molecular formula is C34H50O6S. The third-order valence-electron chi connectivity index (χ3n) is 11.5. The highest BCUT2D eigenvalue weighted by atomic mass is 32.2. The van der Waals surface area contributed by atoms with E-state index in [4.69, 9.17) is 13.7 Å². The first-order chi connectivity index (χ1) is 19.6. The average molecular weight is 587 g/mol. The van der Waals surface area contributed by atoms with Crippen LogP contribution in [0.1, 0.15) is 96.5 Å². The number of esters is 1. The fourth-order valence-corrected chi connectivity index (χ4v) is 9.99. The molecule has 0 amide bonds. The van der Waals surface area contributed by atoms with Crippen LogP contribution in [0, 0.1) is 41.4 Å². The molecule has 41 heavy (non-hydrogen) atoms. The molecule has 0 aliphatic heterocycles. The topological polar surface area (TPSA) is 78.9 Å². The predicted molar refractivity (Wildman–Crippen MR) is 160 cm³/mol. The number of ether oxygens (including phenoxy) is 2. The van der Waals surface area contributed by atoms with Gasteiger partial charge >= 0.3 is 5.97 Å². The summed E-state index contributed by atoms with van der Waals surface area (Å²) in [5.74, 6) is 2.10. The van der Waals surface area contributed by atoms with E-state index in [9.17, 15) is 13.2 Å². The van der Waals surface area contributed by atoms with E-state index in [1.807, 2.05) is 6.92 Å². The molecule has 3 unspecified atom stereocenters. The maximum absolute atomic E-state index is 12.6. The number of hydrogen-bond donors (Lipinski definition) is 0. The van der Waals surface area contributed by atoms with Gasteiger partial charge in [0.15, 0.2) is 0 Å². The molecule has 1 aromatic rings. The van der Waals surface area contributed by atoms with E-state index in [0.717, 1.165) is 82.3 Å². The van der Waals surface area contributed by atoms with Gasteiger partial charge in [0.1, 0.15) is 0 Å². The predicted octanol–water partition coefficient (Wildman–Crippen LogP) is 7.40. The molecule has 5 rings (SSSR count). The van der Waals surface area contributed by atoms with Gasteiger partial charge in [0.2, 0.25) is 0 Å². The molecule has 0 heterocycles. The van der Waals surface area contributed by atoms with Crippen molar-refractivity contribution in [2.75, 3.05) is 20.3 Å². The molecule has 3 fully saturated rings. The van der Waals surface area contributed by atoms with Gasteiger partial charge in [0.05, 0.1) is 30.6 Å². The number of hydrogen-bond acceptors (Lipinski definition) is 6. The maximum Gasteiger partial charge on any atom is 0.309 e. The standard InChI is InChI=1S/C34H50O6S/c1-24-9-12-27(13-10-24)41(36,37)40-22-8-6-5-7-21-39-26-17-19-33(2)25(23-26)11-14-28-29-15-16-31(32(35)38-4)34(29,3)20-18-30(28)33/h9-13,26,28-31H,5-8,14-23H2,1-4H3/t26-,28?,29?,30?,31+,33-,34-/m0/s1. The van der Waals surface area contributed by atoms with Crippen LogP contribution >= 0.6 is 0 Å². The molecule has 4 aliphatic carbocycles. The van der Waals surface area contributed by atoms with Gasteiger partial charge in [-0.05, 0) is 112 Å². The van der Waals surface area contributed by atoms with E-state index in [0.29, 0.717) is 17.9 Å². The number of methoxy groups -OCH3 is 1. The van der Waals surface area contributed by atoms with Crippen molar-refractivity contribution in [3.63, 3.8) is 0 Å². The number of unbranched alkanes of at least 4 members (excludes halogenated alkanes) is 3. The molecule has 4 aliphatic rings. The second-order valence-corrected chi connectivity index (χ2v) is 15.3. The van der Waals surface area contributed by atoms with E-state index >= 15 is 0 Å². The quantitative estimate of drug-likeness (QED) is 0.116. The molecule has 3 saturated carbocycles. The Morgan fingerprint density at radius 3 is 2.39 bits per heavy atom. The summed E-state index contributed by atoms with van der Waals surface area (Å²) in [6.07, 6.45) is 15.5. The van der Waals surface area contributed by atoms with Gasteiger partial charge in [0.25, 0.3) is 10.1 Å². The summed E-state index contributed by atoms with van der Waals surface area (Å²) < 4.78 is 41.4. The Bertz CT molecular complexity index is 1210. The van der Waals surface area contributed by atoms with E-state index in [2.05, 4.69) is 19.9 Å². The minimum atomic E-state index is -3.67. The molecule has 7 heteroatoms. The first kappa shape index (κ1) is 30.7. The highest BCUT2D eigenvalue weighted by Gasteiger charge is 2.60. The number of aryl methyl sites for hydroxylation is 1. The Kier molecular flexibility index (Phi) is 9.37. The largest absolute Gasteiger partial charge is 0.469 e. The van der Waals surface area contributed by atoms with Crippen LogP contribution in [0.15, 0.2) is 40.8 Å². The lowest BCUT2D eigenvalue weighted by Gasteiger charge is -2.58. The van der Waals surface area contributed by atoms with Crippen molar-refractivity contribution < 1.29 is 26.9 Å². The second kappa shape index (κ2) is 12.5. The molecular weight excluding hydrogens is 536 g/mol. The molecule has 228 valence electrons. The summed E-state index contributed by atoms with van der Waals surface area (Å²) in [5, 5.41) is 0. The number of benzene rings is 1. The van der Waals surface area contributed by atoms with Crippen molar-refractivity contribution in [1.29, 1.82) is 0 Å². The smallest absolute Gasteiger partial charge is 0.309 e. The zero-order valence-corrected chi connectivity index (χ0v) is 26.3. The van der Waals surface area contributed by atoms with Crippen molar-refractivity contribution in [2.24, 2.45) is 34.5 Å². The van der Waals surface area contributed by atoms with Gasteiger partial charge < -0.3 is 9.47 Å². The second-order valence-electron chi connectivity index (χ2n) is 13.7. The molecule has 0 radical (unpaired) electrons. The Labute approximate surface area is 247 Å². The highest BCUT2D eigenvalue weighted by molar-refractivity contribution is 7.86. The van der Waals surface area contributed by atoms with E-state index in [1.165, 1.54) is 12.8 Å². The van der Waals surface area contributed by atoms with Gasteiger partial charge in [-0.3, -0.25) is 8.98 Å². The summed E-state index contributed by atoms with van der Waals surface area (Å²) in [7, 11) is -2.13. The lowest BCUT2D eigenvalue weighted by molar-refractivity contribution is -0.152. The zero-order chi connectivity index (χ0) is 29.3. The van der Waals surface area contributed by atoms with Gasteiger partial charge in [-0.25, -0.2) is 0 Å². The zero-order valence-electron chi connectivity index (χ0n) is 25.5. The third-order valence-corrected chi connectivity index (χ3v) is 12.8. The van der Waals surface area contributed by atoms with Gasteiger partial charge in [-0.15, -0.1) is 0 Å². The first-order valence-electron chi connectivity index (χ1n) is 15.9. The molecule has 1 aromatic carbocycles. The number of carbonyl (C=O) groups is 1. The monoisotopic (exact) mass is 586 g/mol. The molecule has 7 atom stereocenters. The fraction of sp³-hybridized carbons (Fsp3) is 0.735. The summed E-state index contributed by atoms with van der Waals surface area (Å²) in [5.41, 5.74) is 3.01. The van der Waals surface area contributed by atoms with Crippen LogP contribution in [0.3, 0.4) is 0 Å². The Morgan fingerprint density at radius 2 is 1.66 bits per heavy atom. The summed E-state index contributed by atoms with van der Waals surface area (Å²) in [6, 6.07) is 6.76. The van der Waals surface area contributed by atoms with Crippen LogP contribution in [0.25, 0.3) is 0 Å². The lowest BCUT2D eigenvalue weighted by Crippen LogP contribution is -2.51. The fourth-order valence-electron chi connectivity index (χ4n) is 9.05. The Hall–Kier alpha value is -1.70. The number of carbonyl (C=O) groups excluding carboxylic acids is 1. The van der Waals surface area contributed by atoms with Crippen LogP contribution < -0.4 is 0 Å². The lowest BCUT2D eigenvalue weighted by atomic mass is 9.47. The summed E-state index contributed by atoms with van der Waals surface area (Å²) in [6.45, 7) is 7.80. The van der Waals surface area contributed by atoms with E-state index in [-0.39, 0.29) is 34.2 Å². The summed E-state index contributed by atoms with van der Waals surface area (Å²) in [4.78, 5) is 12.8. The number of rotatable bonds is 11. The minimum absolute atomic E-state index is 0.00347.